The minimum absolute atomic E-state index is 0.0120. The first-order valence-electron chi connectivity index (χ1n) is 22.9. The summed E-state index contributed by atoms with van der Waals surface area (Å²) in [5.74, 6) is 0.692. The summed E-state index contributed by atoms with van der Waals surface area (Å²) in [7, 11) is 0. The number of rotatable bonds is 4. The number of nitrogens with zero attached hydrogens (tertiary/aromatic N) is 4. The van der Waals surface area contributed by atoms with Gasteiger partial charge >= 0.3 is 0 Å². The quantitative estimate of drug-likeness (QED) is 0.165. The molecule has 0 amide bonds. The Morgan fingerprint density at radius 3 is 1.34 bits per heavy atom. The van der Waals surface area contributed by atoms with Gasteiger partial charge in [0, 0.05) is 50.6 Å². The van der Waals surface area contributed by atoms with Crippen LogP contribution in [0, 0.1) is 0 Å². The van der Waals surface area contributed by atoms with Gasteiger partial charge in [-0.1, -0.05) is 175 Å². The van der Waals surface area contributed by atoms with E-state index in [-0.39, 0.29) is 17.5 Å². The SMILES string of the molecule is CC(C)(C)c1ccc(N2c3cc4ccccc4cc3B3c4cc5ccccc5cc4N(c4ccc(C(C)(C)C)cc4)c4cc(-c5nc(-c6ccccc6)c6ccccc6n5)cc2c43)cc1. The van der Waals surface area contributed by atoms with Gasteiger partial charge in [0.05, 0.1) is 11.2 Å². The van der Waals surface area contributed by atoms with Gasteiger partial charge in [0.25, 0.3) is 6.71 Å². The van der Waals surface area contributed by atoms with Crippen LogP contribution in [0.3, 0.4) is 0 Å². The summed E-state index contributed by atoms with van der Waals surface area (Å²) in [6.07, 6.45) is 0. The number of fused-ring (bicyclic) bond motifs is 7. The molecule has 10 aromatic rings. The molecule has 9 aromatic carbocycles. The molecule has 2 aliphatic heterocycles. The van der Waals surface area contributed by atoms with Crippen molar-refractivity contribution in [3.63, 3.8) is 0 Å². The molecule has 0 bridgehead atoms. The van der Waals surface area contributed by atoms with Crippen molar-refractivity contribution in [1.29, 1.82) is 0 Å². The van der Waals surface area contributed by atoms with E-state index < -0.39 is 0 Å². The van der Waals surface area contributed by atoms with Gasteiger partial charge in [-0.25, -0.2) is 9.97 Å². The van der Waals surface area contributed by atoms with E-state index in [9.17, 15) is 0 Å². The summed E-state index contributed by atoms with van der Waals surface area (Å²) in [6, 6.07) is 69.5. The van der Waals surface area contributed by atoms with E-state index in [0.29, 0.717) is 5.82 Å². The Kier molecular flexibility index (Phi) is 8.74. The lowest BCUT2D eigenvalue weighted by molar-refractivity contribution is 0.590. The van der Waals surface area contributed by atoms with Gasteiger partial charge in [-0.05, 0) is 114 Å². The van der Waals surface area contributed by atoms with E-state index in [1.165, 1.54) is 60.4 Å². The summed E-state index contributed by atoms with van der Waals surface area (Å²) in [4.78, 5) is 15.9. The molecule has 312 valence electrons. The molecule has 0 radical (unpaired) electrons. The summed E-state index contributed by atoms with van der Waals surface area (Å²) in [5, 5.41) is 5.92. The third kappa shape index (κ3) is 6.44. The predicted octanol–water partition coefficient (Wildman–Crippen LogP) is 13.9. The molecule has 2 aliphatic rings. The van der Waals surface area contributed by atoms with E-state index in [2.05, 4.69) is 239 Å². The van der Waals surface area contributed by atoms with Crippen molar-refractivity contribution >= 4 is 89.7 Å². The Morgan fingerprint density at radius 2 is 0.846 bits per heavy atom. The Bertz CT molecular complexity index is 3340. The average Bonchev–Trinajstić information content (AvgIpc) is 3.32. The lowest BCUT2D eigenvalue weighted by atomic mass is 9.33. The molecule has 0 spiro atoms. The Labute approximate surface area is 382 Å². The van der Waals surface area contributed by atoms with Crippen LogP contribution in [0.5, 0.6) is 0 Å². The molecular weight excluding hydrogens is 787 g/mol. The zero-order chi connectivity index (χ0) is 44.2. The van der Waals surface area contributed by atoms with Crippen molar-refractivity contribution in [2.45, 2.75) is 52.4 Å². The van der Waals surface area contributed by atoms with Crippen molar-refractivity contribution in [3.05, 3.63) is 199 Å². The monoisotopic (exact) mass is 836 g/mol. The van der Waals surface area contributed by atoms with Crippen molar-refractivity contribution in [2.75, 3.05) is 9.80 Å². The molecular formula is C60H49BN4. The molecule has 0 aliphatic carbocycles. The highest BCUT2D eigenvalue weighted by molar-refractivity contribution is 7.00. The van der Waals surface area contributed by atoms with Crippen LogP contribution in [0.2, 0.25) is 0 Å². The predicted molar refractivity (Wildman–Crippen MR) is 277 cm³/mol. The maximum Gasteiger partial charge on any atom is 0.252 e. The van der Waals surface area contributed by atoms with Gasteiger partial charge in [-0.3, -0.25) is 0 Å². The Balaban J connectivity index is 1.21. The lowest BCUT2D eigenvalue weighted by Gasteiger charge is -2.44. The van der Waals surface area contributed by atoms with Crippen LogP contribution in [-0.2, 0) is 10.8 Å². The minimum atomic E-state index is -0.0548. The van der Waals surface area contributed by atoms with Crippen LogP contribution in [0.15, 0.2) is 188 Å². The molecule has 0 unspecified atom stereocenters. The highest BCUT2D eigenvalue weighted by Gasteiger charge is 2.44. The number of anilines is 6. The first-order chi connectivity index (χ1) is 31.5. The maximum atomic E-state index is 5.50. The van der Waals surface area contributed by atoms with Crippen molar-refractivity contribution in [3.8, 4) is 22.6 Å². The zero-order valence-electron chi connectivity index (χ0n) is 37.8. The number of aromatic nitrogens is 2. The van der Waals surface area contributed by atoms with Gasteiger partial charge in [0.2, 0.25) is 0 Å². The number of hydrogen-bond acceptors (Lipinski definition) is 4. The Morgan fingerprint density at radius 1 is 0.400 bits per heavy atom. The maximum absolute atomic E-state index is 5.50. The van der Waals surface area contributed by atoms with Crippen molar-refractivity contribution in [1.82, 2.24) is 9.97 Å². The van der Waals surface area contributed by atoms with E-state index in [0.717, 1.165) is 50.5 Å². The molecule has 4 nitrogen and oxygen atoms in total. The molecule has 1 aromatic heterocycles. The van der Waals surface area contributed by atoms with Crippen LogP contribution >= 0.6 is 0 Å². The summed E-state index contributed by atoms with van der Waals surface area (Å²) in [5.41, 5.74) is 17.2. The molecule has 5 heteroatoms. The molecule has 0 N–H and O–H groups in total. The van der Waals surface area contributed by atoms with Gasteiger partial charge in [-0.2, -0.15) is 0 Å². The highest BCUT2D eigenvalue weighted by Crippen LogP contribution is 2.47. The fourth-order valence-corrected chi connectivity index (χ4v) is 10.3. The summed E-state index contributed by atoms with van der Waals surface area (Å²) < 4.78 is 0. The van der Waals surface area contributed by atoms with Gasteiger partial charge in [0.1, 0.15) is 0 Å². The lowest BCUT2D eigenvalue weighted by Crippen LogP contribution is -2.61. The van der Waals surface area contributed by atoms with Crippen LogP contribution < -0.4 is 26.2 Å². The highest BCUT2D eigenvalue weighted by atomic mass is 15.2. The summed E-state index contributed by atoms with van der Waals surface area (Å²) >= 11 is 0. The second-order valence-corrected chi connectivity index (χ2v) is 19.9. The summed E-state index contributed by atoms with van der Waals surface area (Å²) in [6.45, 7) is 13.6. The van der Waals surface area contributed by atoms with E-state index >= 15 is 0 Å². The molecule has 3 heterocycles. The topological polar surface area (TPSA) is 32.3 Å². The molecule has 0 atom stereocenters. The number of benzene rings is 9. The third-order valence-electron chi connectivity index (χ3n) is 13.7. The number of hydrogen-bond donors (Lipinski definition) is 0. The largest absolute Gasteiger partial charge is 0.311 e. The van der Waals surface area contributed by atoms with Crippen molar-refractivity contribution < 1.29 is 0 Å². The zero-order valence-corrected chi connectivity index (χ0v) is 37.8. The fraction of sp³-hybridized carbons (Fsp3) is 0.133. The van der Waals surface area contributed by atoms with Gasteiger partial charge in [0.15, 0.2) is 5.82 Å². The van der Waals surface area contributed by atoms with Crippen molar-refractivity contribution in [2.24, 2.45) is 0 Å². The normalized spacial score (nSPS) is 13.3. The first kappa shape index (κ1) is 39.1. The van der Waals surface area contributed by atoms with Crippen LogP contribution in [0.4, 0.5) is 34.1 Å². The van der Waals surface area contributed by atoms with E-state index in [4.69, 9.17) is 9.97 Å². The number of para-hydroxylation sites is 1. The molecule has 65 heavy (non-hydrogen) atoms. The molecule has 0 saturated heterocycles. The Hall–Kier alpha value is -7.50. The standard InChI is InChI=1S/C60H49BN4/c1-59(2,3)44-24-28-46(29-25-44)64-52-34-41-20-12-10-18-39(41)32-49(52)61-50-33-40-19-11-13-21-42(40)35-53(50)65(47-30-26-45(27-31-47)60(4,5)6)55-37-43(36-54(64)56(55)61)58-62-51-23-15-14-22-48(51)57(63-58)38-16-8-7-9-17-38/h7-37H,1-6H3. The average molecular weight is 837 g/mol. The third-order valence-corrected chi connectivity index (χ3v) is 13.7. The minimum Gasteiger partial charge on any atom is -0.311 e. The second-order valence-electron chi connectivity index (χ2n) is 19.9. The van der Waals surface area contributed by atoms with Gasteiger partial charge < -0.3 is 9.80 Å². The molecule has 0 fully saturated rings. The van der Waals surface area contributed by atoms with Crippen LogP contribution in [0.25, 0.3) is 55.1 Å². The smallest absolute Gasteiger partial charge is 0.252 e. The van der Waals surface area contributed by atoms with E-state index in [1.54, 1.807) is 0 Å². The second kappa shape index (κ2) is 14.5. The van der Waals surface area contributed by atoms with E-state index in [1.807, 2.05) is 0 Å². The van der Waals surface area contributed by atoms with Crippen LogP contribution in [-0.4, -0.2) is 16.7 Å². The van der Waals surface area contributed by atoms with Gasteiger partial charge in [-0.15, -0.1) is 0 Å². The molecule has 0 saturated carbocycles. The fourth-order valence-electron chi connectivity index (χ4n) is 10.3. The van der Waals surface area contributed by atoms with Crippen LogP contribution in [0.1, 0.15) is 52.7 Å². The first-order valence-corrected chi connectivity index (χ1v) is 22.9. The molecule has 12 rings (SSSR count).